The zero-order valence-electron chi connectivity index (χ0n) is 16.3. The molecule has 0 saturated carbocycles. The third-order valence-electron chi connectivity index (χ3n) is 4.52. The number of carbonyl (C=O) groups is 2. The molecule has 2 N–H and O–H groups in total. The number of esters is 1. The van der Waals surface area contributed by atoms with Crippen molar-refractivity contribution in [2.45, 2.75) is 13.8 Å². The molecule has 3 aromatic rings. The Morgan fingerprint density at radius 2 is 1.66 bits per heavy atom. The molecule has 1 aromatic heterocycles. The number of amides is 1. The van der Waals surface area contributed by atoms with Crippen LogP contribution >= 0.6 is 0 Å². The minimum absolute atomic E-state index is 0.0945. The van der Waals surface area contributed by atoms with Crippen molar-refractivity contribution in [1.29, 1.82) is 0 Å². The summed E-state index contributed by atoms with van der Waals surface area (Å²) in [7, 11) is 1.35. The van der Waals surface area contributed by atoms with Crippen molar-refractivity contribution >= 4 is 18.1 Å². The van der Waals surface area contributed by atoms with E-state index in [1.165, 1.54) is 31.4 Å². The van der Waals surface area contributed by atoms with E-state index in [4.69, 9.17) is 4.74 Å². The second kappa shape index (κ2) is 8.43. The normalized spacial score (nSPS) is 10.9. The average molecular weight is 391 g/mol. The number of phenolic OH excluding ortho intramolecular Hbond substituents is 1. The molecule has 0 aliphatic carbocycles. The van der Waals surface area contributed by atoms with Gasteiger partial charge in [0.15, 0.2) is 0 Å². The fourth-order valence-corrected chi connectivity index (χ4v) is 3.02. The van der Waals surface area contributed by atoms with Crippen LogP contribution in [0.4, 0.5) is 0 Å². The molecule has 1 heterocycles. The Balaban J connectivity index is 1.77. The van der Waals surface area contributed by atoms with Crippen LogP contribution in [0.25, 0.3) is 5.69 Å². The quantitative estimate of drug-likeness (QED) is 0.396. The molecule has 0 radical (unpaired) electrons. The molecule has 0 atom stereocenters. The van der Waals surface area contributed by atoms with Gasteiger partial charge in [0.2, 0.25) is 0 Å². The average Bonchev–Trinajstić information content (AvgIpc) is 3.01. The molecular weight excluding hydrogens is 370 g/mol. The van der Waals surface area contributed by atoms with Crippen molar-refractivity contribution in [2.24, 2.45) is 5.10 Å². The third kappa shape index (κ3) is 4.35. The predicted octanol–water partition coefficient (Wildman–Crippen LogP) is 3.35. The maximum atomic E-state index is 12.1. The van der Waals surface area contributed by atoms with Crippen molar-refractivity contribution in [3.05, 3.63) is 82.7 Å². The van der Waals surface area contributed by atoms with Gasteiger partial charge in [0.1, 0.15) is 5.75 Å². The monoisotopic (exact) mass is 391 g/mol. The predicted molar refractivity (Wildman–Crippen MR) is 110 cm³/mol. The first-order chi connectivity index (χ1) is 13.9. The van der Waals surface area contributed by atoms with E-state index in [2.05, 4.69) is 10.5 Å². The van der Waals surface area contributed by atoms with Crippen LogP contribution in [0.15, 0.2) is 59.7 Å². The Morgan fingerprint density at radius 1 is 1.03 bits per heavy atom. The number of phenols is 1. The molecule has 148 valence electrons. The van der Waals surface area contributed by atoms with Gasteiger partial charge in [-0.2, -0.15) is 5.10 Å². The highest BCUT2D eigenvalue weighted by Crippen LogP contribution is 2.20. The molecule has 1 amide bonds. The molecule has 0 spiro atoms. The molecular formula is C22H21N3O4. The zero-order valence-corrected chi connectivity index (χ0v) is 16.3. The number of ether oxygens (including phenoxy) is 1. The molecule has 7 nitrogen and oxygen atoms in total. The lowest BCUT2D eigenvalue weighted by molar-refractivity contribution is 0.0600. The number of aromatic nitrogens is 1. The second-order valence-electron chi connectivity index (χ2n) is 6.45. The fourth-order valence-electron chi connectivity index (χ4n) is 3.02. The Labute approximate surface area is 168 Å². The number of methoxy groups -OCH3 is 1. The summed E-state index contributed by atoms with van der Waals surface area (Å²) in [5.41, 5.74) is 7.04. The number of carbonyl (C=O) groups excluding carboxylic acids is 2. The van der Waals surface area contributed by atoms with Gasteiger partial charge in [0.25, 0.3) is 5.91 Å². The summed E-state index contributed by atoms with van der Waals surface area (Å²) in [6.45, 7) is 3.91. The van der Waals surface area contributed by atoms with Gasteiger partial charge < -0.3 is 14.4 Å². The van der Waals surface area contributed by atoms with Gasteiger partial charge in [-0.3, -0.25) is 4.79 Å². The lowest BCUT2D eigenvalue weighted by Gasteiger charge is -2.10. The smallest absolute Gasteiger partial charge is 0.337 e. The third-order valence-corrected chi connectivity index (χ3v) is 4.52. The minimum Gasteiger partial charge on any atom is -0.508 e. The van der Waals surface area contributed by atoms with Crippen LogP contribution in [0, 0.1) is 13.8 Å². The van der Waals surface area contributed by atoms with Gasteiger partial charge in [-0.05, 0) is 68.4 Å². The maximum absolute atomic E-state index is 12.1. The number of rotatable bonds is 5. The summed E-state index contributed by atoms with van der Waals surface area (Å²) in [6.07, 6.45) is 1.58. The number of hydrogen-bond acceptors (Lipinski definition) is 5. The Hall–Kier alpha value is -3.87. The van der Waals surface area contributed by atoms with Crippen LogP contribution in [-0.2, 0) is 4.74 Å². The highest BCUT2D eigenvalue weighted by Gasteiger charge is 2.11. The van der Waals surface area contributed by atoms with E-state index >= 15 is 0 Å². The Bertz CT molecular complexity index is 1060. The van der Waals surface area contributed by atoms with Crippen molar-refractivity contribution < 1.29 is 19.4 Å². The standard InChI is InChI=1S/C22H21N3O4/c1-14-12-18(13-23-24-21(27)16-6-10-20(26)11-7-16)15(2)25(14)19-8-4-17(5-9-19)22(28)29-3/h4-13,26H,1-3H3,(H,24,27)/b23-13-. The SMILES string of the molecule is COC(=O)c1ccc(-n2c(C)cc(/C=N\NC(=O)c3ccc(O)cc3)c2C)cc1. The van der Waals surface area contributed by atoms with Crippen LogP contribution in [0.1, 0.15) is 37.7 Å². The summed E-state index contributed by atoms with van der Waals surface area (Å²) in [6, 6.07) is 15.0. The summed E-state index contributed by atoms with van der Waals surface area (Å²) < 4.78 is 6.76. The van der Waals surface area contributed by atoms with Crippen LogP contribution in [0.2, 0.25) is 0 Å². The number of nitrogens with one attached hydrogen (secondary N) is 1. The van der Waals surface area contributed by atoms with Gasteiger partial charge in [0.05, 0.1) is 18.9 Å². The first-order valence-electron chi connectivity index (χ1n) is 8.91. The Morgan fingerprint density at radius 3 is 2.28 bits per heavy atom. The van der Waals surface area contributed by atoms with E-state index < -0.39 is 0 Å². The van der Waals surface area contributed by atoms with Gasteiger partial charge in [0, 0.05) is 28.2 Å². The van der Waals surface area contributed by atoms with Crippen molar-refractivity contribution in [3.63, 3.8) is 0 Å². The number of benzene rings is 2. The van der Waals surface area contributed by atoms with Crippen molar-refractivity contribution in [1.82, 2.24) is 9.99 Å². The van der Waals surface area contributed by atoms with Gasteiger partial charge in [-0.1, -0.05) is 0 Å². The number of hydrazone groups is 1. The summed E-state index contributed by atoms with van der Waals surface area (Å²) in [5.74, 6) is -0.653. The molecule has 0 fully saturated rings. The van der Waals surface area contributed by atoms with Gasteiger partial charge in [-0.15, -0.1) is 0 Å². The fraction of sp³-hybridized carbons (Fsp3) is 0.136. The molecule has 0 unspecified atom stereocenters. The van der Waals surface area contributed by atoms with Gasteiger partial charge in [-0.25, -0.2) is 10.2 Å². The summed E-state index contributed by atoms with van der Waals surface area (Å²) in [5, 5.41) is 13.3. The first kappa shape index (κ1) is 19.9. The summed E-state index contributed by atoms with van der Waals surface area (Å²) >= 11 is 0. The number of aryl methyl sites for hydroxylation is 1. The molecule has 7 heteroatoms. The van der Waals surface area contributed by atoms with E-state index in [9.17, 15) is 14.7 Å². The topological polar surface area (TPSA) is 92.9 Å². The van der Waals surface area contributed by atoms with Crippen LogP contribution in [-0.4, -0.2) is 34.9 Å². The molecule has 0 aliphatic heterocycles. The largest absolute Gasteiger partial charge is 0.508 e. The van der Waals surface area contributed by atoms with Gasteiger partial charge >= 0.3 is 5.97 Å². The van der Waals surface area contributed by atoms with Crippen LogP contribution in [0.5, 0.6) is 5.75 Å². The number of hydrogen-bond donors (Lipinski definition) is 2. The van der Waals surface area contributed by atoms with E-state index in [0.717, 1.165) is 22.6 Å². The second-order valence-corrected chi connectivity index (χ2v) is 6.45. The summed E-state index contributed by atoms with van der Waals surface area (Å²) in [4.78, 5) is 23.7. The number of nitrogens with zero attached hydrogens (tertiary/aromatic N) is 2. The first-order valence-corrected chi connectivity index (χ1v) is 8.91. The Kier molecular flexibility index (Phi) is 5.78. The van der Waals surface area contributed by atoms with Crippen LogP contribution < -0.4 is 5.43 Å². The zero-order chi connectivity index (χ0) is 21.0. The van der Waals surface area contributed by atoms with Crippen LogP contribution in [0.3, 0.4) is 0 Å². The highest BCUT2D eigenvalue weighted by atomic mass is 16.5. The van der Waals surface area contributed by atoms with Crippen molar-refractivity contribution in [2.75, 3.05) is 7.11 Å². The molecule has 0 saturated heterocycles. The minimum atomic E-state index is -0.380. The molecule has 3 rings (SSSR count). The molecule has 0 bridgehead atoms. The maximum Gasteiger partial charge on any atom is 0.337 e. The lowest BCUT2D eigenvalue weighted by Crippen LogP contribution is -2.17. The van der Waals surface area contributed by atoms with E-state index in [1.807, 2.05) is 36.6 Å². The molecule has 29 heavy (non-hydrogen) atoms. The lowest BCUT2D eigenvalue weighted by atomic mass is 10.2. The molecule has 0 aliphatic rings. The molecule has 2 aromatic carbocycles. The number of aromatic hydroxyl groups is 1. The van der Waals surface area contributed by atoms with Crippen molar-refractivity contribution in [3.8, 4) is 11.4 Å². The van der Waals surface area contributed by atoms with E-state index in [-0.39, 0.29) is 17.6 Å². The van der Waals surface area contributed by atoms with E-state index in [1.54, 1.807) is 18.3 Å². The van der Waals surface area contributed by atoms with E-state index in [0.29, 0.717) is 11.1 Å². The highest BCUT2D eigenvalue weighted by molar-refractivity contribution is 5.95.